The number of anilines is 1. The molecule has 4 rings (SSSR count). The Kier molecular flexibility index (Phi) is 5.38. The van der Waals surface area contributed by atoms with Crippen molar-refractivity contribution in [3.05, 3.63) is 52.0 Å². The average Bonchev–Trinajstić information content (AvgIpc) is 2.90. The molecule has 0 spiro atoms. The first-order chi connectivity index (χ1) is 13.6. The van der Waals surface area contributed by atoms with Crippen molar-refractivity contribution in [3.63, 3.8) is 0 Å². The van der Waals surface area contributed by atoms with Gasteiger partial charge in [0.1, 0.15) is 17.3 Å². The Labute approximate surface area is 174 Å². The summed E-state index contributed by atoms with van der Waals surface area (Å²) in [5.41, 5.74) is 3.91. The number of nitrogens with zero attached hydrogens (tertiary/aromatic N) is 2. The lowest BCUT2D eigenvalue weighted by molar-refractivity contribution is 0.394. The first-order valence-electron chi connectivity index (χ1n) is 9.15. The summed E-state index contributed by atoms with van der Waals surface area (Å²) >= 11 is 12.4. The van der Waals surface area contributed by atoms with Crippen LogP contribution in [0.15, 0.2) is 36.4 Å². The van der Waals surface area contributed by atoms with E-state index in [1.54, 1.807) is 20.3 Å². The van der Waals surface area contributed by atoms with Gasteiger partial charge in [0, 0.05) is 23.7 Å². The molecule has 1 aromatic heterocycles. The van der Waals surface area contributed by atoms with Gasteiger partial charge in [0.05, 0.1) is 35.6 Å². The van der Waals surface area contributed by atoms with Crippen LogP contribution in [-0.2, 0) is 6.42 Å². The van der Waals surface area contributed by atoms with Crippen LogP contribution in [-0.4, -0.2) is 30.5 Å². The molecular weight excluding hydrogens is 397 g/mol. The number of benzene rings is 2. The van der Waals surface area contributed by atoms with E-state index >= 15 is 0 Å². The standard InChI is InChI=1S/C21H21Cl2N3O2/c1-27-15-9-13(10-16(12-15)28-2)20-17-5-3-4-8-24-21(17)26(25-20)14-6-7-18(22)19(23)11-14/h6-7,9-12,24H,3-5,8H2,1-2H3. The van der Waals surface area contributed by atoms with E-state index in [0.29, 0.717) is 10.0 Å². The van der Waals surface area contributed by atoms with Crippen LogP contribution in [0.3, 0.4) is 0 Å². The van der Waals surface area contributed by atoms with Gasteiger partial charge in [-0.05, 0) is 49.6 Å². The second-order valence-electron chi connectivity index (χ2n) is 6.67. The second kappa shape index (κ2) is 7.94. The smallest absolute Gasteiger partial charge is 0.133 e. The molecule has 1 aliphatic heterocycles. The maximum Gasteiger partial charge on any atom is 0.133 e. The lowest BCUT2D eigenvalue weighted by atomic mass is 10.0. The summed E-state index contributed by atoms with van der Waals surface area (Å²) in [4.78, 5) is 0. The van der Waals surface area contributed by atoms with E-state index in [9.17, 15) is 0 Å². The molecule has 0 fully saturated rings. The number of halogens is 2. The molecule has 0 saturated carbocycles. The minimum atomic E-state index is 0.502. The monoisotopic (exact) mass is 417 g/mol. The van der Waals surface area contributed by atoms with E-state index in [1.165, 1.54) is 5.56 Å². The summed E-state index contributed by atoms with van der Waals surface area (Å²) in [6, 6.07) is 11.4. The summed E-state index contributed by atoms with van der Waals surface area (Å²) < 4.78 is 12.8. The third kappa shape index (κ3) is 3.52. The van der Waals surface area contributed by atoms with Gasteiger partial charge in [-0.3, -0.25) is 0 Å². The third-order valence-corrected chi connectivity index (χ3v) is 5.64. The summed E-state index contributed by atoms with van der Waals surface area (Å²) in [7, 11) is 3.30. The molecule has 7 heteroatoms. The van der Waals surface area contributed by atoms with Crippen molar-refractivity contribution in [3.8, 4) is 28.4 Å². The van der Waals surface area contributed by atoms with Crippen LogP contribution in [0.1, 0.15) is 18.4 Å². The number of fused-ring (bicyclic) bond motifs is 1. The van der Waals surface area contributed by atoms with Crippen LogP contribution in [0.5, 0.6) is 11.5 Å². The van der Waals surface area contributed by atoms with Crippen LogP contribution in [0, 0.1) is 0 Å². The number of aromatic nitrogens is 2. The third-order valence-electron chi connectivity index (χ3n) is 4.90. The van der Waals surface area contributed by atoms with Crippen molar-refractivity contribution in [1.82, 2.24) is 9.78 Å². The fourth-order valence-corrected chi connectivity index (χ4v) is 3.77. The molecule has 0 radical (unpaired) electrons. The van der Waals surface area contributed by atoms with Crippen molar-refractivity contribution < 1.29 is 9.47 Å². The number of hydrogen-bond donors (Lipinski definition) is 1. The molecule has 0 saturated heterocycles. The van der Waals surface area contributed by atoms with Gasteiger partial charge < -0.3 is 14.8 Å². The molecule has 3 aromatic rings. The summed E-state index contributed by atoms with van der Waals surface area (Å²) in [5.74, 6) is 2.45. The van der Waals surface area contributed by atoms with Crippen molar-refractivity contribution >= 4 is 29.0 Å². The van der Waals surface area contributed by atoms with Crippen LogP contribution >= 0.6 is 23.2 Å². The molecule has 5 nitrogen and oxygen atoms in total. The lowest BCUT2D eigenvalue weighted by Gasteiger charge is -2.10. The first kappa shape index (κ1) is 19.0. The van der Waals surface area contributed by atoms with Gasteiger partial charge in [0.15, 0.2) is 0 Å². The number of hydrogen-bond acceptors (Lipinski definition) is 4. The molecule has 0 atom stereocenters. The zero-order chi connectivity index (χ0) is 19.7. The minimum absolute atomic E-state index is 0.502. The Bertz CT molecular complexity index is 995. The molecular formula is C21H21Cl2N3O2. The maximum atomic E-state index is 6.26. The van der Waals surface area contributed by atoms with Crippen molar-refractivity contribution in [2.24, 2.45) is 0 Å². The first-order valence-corrected chi connectivity index (χ1v) is 9.91. The minimum Gasteiger partial charge on any atom is -0.497 e. The molecule has 0 amide bonds. The predicted octanol–water partition coefficient (Wildman–Crippen LogP) is 5.61. The zero-order valence-electron chi connectivity index (χ0n) is 15.8. The highest BCUT2D eigenvalue weighted by molar-refractivity contribution is 6.42. The molecule has 28 heavy (non-hydrogen) atoms. The van der Waals surface area contributed by atoms with Crippen molar-refractivity contribution in [2.75, 3.05) is 26.1 Å². The molecule has 0 bridgehead atoms. The quantitative estimate of drug-likeness (QED) is 0.598. The van der Waals surface area contributed by atoms with E-state index in [-0.39, 0.29) is 0 Å². The normalized spacial score (nSPS) is 13.4. The molecule has 146 valence electrons. The van der Waals surface area contributed by atoms with E-state index in [2.05, 4.69) is 5.32 Å². The fraction of sp³-hybridized carbons (Fsp3) is 0.286. The summed E-state index contributed by atoms with van der Waals surface area (Å²) in [5, 5.41) is 9.50. The topological polar surface area (TPSA) is 48.3 Å². The van der Waals surface area contributed by atoms with E-state index in [1.807, 2.05) is 35.0 Å². The Hall–Kier alpha value is -2.37. The van der Waals surface area contributed by atoms with E-state index in [4.69, 9.17) is 37.8 Å². The molecule has 2 heterocycles. The number of ether oxygens (including phenoxy) is 2. The van der Waals surface area contributed by atoms with Gasteiger partial charge in [0.25, 0.3) is 0 Å². The van der Waals surface area contributed by atoms with Gasteiger partial charge >= 0.3 is 0 Å². The highest BCUT2D eigenvalue weighted by atomic mass is 35.5. The lowest BCUT2D eigenvalue weighted by Crippen LogP contribution is -2.07. The highest BCUT2D eigenvalue weighted by Crippen LogP contribution is 2.37. The largest absolute Gasteiger partial charge is 0.497 e. The number of methoxy groups -OCH3 is 2. The molecule has 2 aromatic carbocycles. The van der Waals surface area contributed by atoms with Gasteiger partial charge in [-0.2, -0.15) is 5.10 Å². The van der Waals surface area contributed by atoms with Crippen LogP contribution in [0.2, 0.25) is 10.0 Å². The van der Waals surface area contributed by atoms with Gasteiger partial charge in [-0.15, -0.1) is 0 Å². The highest BCUT2D eigenvalue weighted by Gasteiger charge is 2.23. The molecule has 0 aliphatic carbocycles. The fourth-order valence-electron chi connectivity index (χ4n) is 3.48. The van der Waals surface area contributed by atoms with Crippen LogP contribution in [0.4, 0.5) is 5.82 Å². The Morgan fingerprint density at radius 1 is 0.964 bits per heavy atom. The van der Waals surface area contributed by atoms with E-state index in [0.717, 1.165) is 60.1 Å². The average molecular weight is 418 g/mol. The Balaban J connectivity index is 1.91. The van der Waals surface area contributed by atoms with Gasteiger partial charge in [-0.1, -0.05) is 23.2 Å². The van der Waals surface area contributed by atoms with Crippen molar-refractivity contribution in [2.45, 2.75) is 19.3 Å². The Morgan fingerprint density at radius 3 is 2.39 bits per heavy atom. The van der Waals surface area contributed by atoms with E-state index < -0.39 is 0 Å². The summed E-state index contributed by atoms with van der Waals surface area (Å²) in [6.07, 6.45) is 3.15. The Morgan fingerprint density at radius 2 is 1.71 bits per heavy atom. The van der Waals surface area contributed by atoms with Gasteiger partial charge in [0.2, 0.25) is 0 Å². The molecule has 1 N–H and O–H groups in total. The van der Waals surface area contributed by atoms with Crippen LogP contribution < -0.4 is 14.8 Å². The van der Waals surface area contributed by atoms with Crippen molar-refractivity contribution in [1.29, 1.82) is 0 Å². The van der Waals surface area contributed by atoms with Gasteiger partial charge in [-0.25, -0.2) is 4.68 Å². The number of nitrogens with one attached hydrogen (secondary N) is 1. The summed E-state index contributed by atoms with van der Waals surface area (Å²) in [6.45, 7) is 0.904. The van der Waals surface area contributed by atoms with Crippen LogP contribution in [0.25, 0.3) is 16.9 Å². The second-order valence-corrected chi connectivity index (χ2v) is 7.49. The SMILES string of the molecule is COc1cc(OC)cc(-c2nn(-c3ccc(Cl)c(Cl)c3)c3c2CCCCN3)c1. The zero-order valence-corrected chi connectivity index (χ0v) is 17.3. The predicted molar refractivity (Wildman–Crippen MR) is 114 cm³/mol. The molecule has 0 unspecified atom stereocenters. The maximum absolute atomic E-state index is 6.26. The molecule has 1 aliphatic rings. The number of rotatable bonds is 4.